The van der Waals surface area contributed by atoms with Crippen LogP contribution in [0.25, 0.3) is 0 Å². The second-order valence-corrected chi connectivity index (χ2v) is 6.23. The monoisotopic (exact) mass is 255 g/mol. The quantitative estimate of drug-likeness (QED) is 0.700. The molecule has 0 saturated heterocycles. The minimum absolute atomic E-state index is 0.348. The van der Waals surface area contributed by atoms with Gasteiger partial charge in [0.15, 0.2) is 0 Å². The van der Waals surface area contributed by atoms with Crippen LogP contribution in [0.5, 0.6) is 0 Å². The fraction of sp³-hybridized carbons (Fsp3) is 1.00. The Hall–Kier alpha value is -0.120. The van der Waals surface area contributed by atoms with Gasteiger partial charge in [0.05, 0.1) is 18.8 Å². The summed E-state index contributed by atoms with van der Waals surface area (Å²) in [5.41, 5.74) is 0.559. The molecule has 1 atom stereocenters. The summed E-state index contributed by atoms with van der Waals surface area (Å²) in [5, 5.41) is 13.3. The van der Waals surface area contributed by atoms with Gasteiger partial charge in [0.25, 0.3) is 0 Å². The zero-order chi connectivity index (χ0) is 12.8. The van der Waals surface area contributed by atoms with Gasteiger partial charge in [0.2, 0.25) is 0 Å². The second kappa shape index (κ2) is 6.88. The predicted molar refractivity (Wildman–Crippen MR) is 73.7 cm³/mol. The Kier molecular flexibility index (Phi) is 5.46. The van der Waals surface area contributed by atoms with Gasteiger partial charge in [-0.05, 0) is 37.5 Å². The molecule has 2 N–H and O–H groups in total. The second-order valence-electron chi connectivity index (χ2n) is 6.23. The molecular formula is C15H29NO2. The lowest BCUT2D eigenvalue weighted by Crippen LogP contribution is -2.35. The highest BCUT2D eigenvalue weighted by Gasteiger charge is 2.39. The first-order valence-corrected chi connectivity index (χ1v) is 7.74. The fourth-order valence-electron chi connectivity index (χ4n) is 2.87. The summed E-state index contributed by atoms with van der Waals surface area (Å²) in [6.45, 7) is 4.49. The molecule has 0 aliphatic heterocycles. The molecule has 2 saturated carbocycles. The van der Waals surface area contributed by atoms with Crippen LogP contribution in [-0.4, -0.2) is 37.0 Å². The topological polar surface area (TPSA) is 41.5 Å². The van der Waals surface area contributed by atoms with Crippen LogP contribution in [-0.2, 0) is 4.74 Å². The van der Waals surface area contributed by atoms with Crippen LogP contribution in [0.1, 0.15) is 58.3 Å². The van der Waals surface area contributed by atoms with E-state index in [1.807, 2.05) is 0 Å². The summed E-state index contributed by atoms with van der Waals surface area (Å²) in [4.78, 5) is 0. The van der Waals surface area contributed by atoms with E-state index >= 15 is 0 Å². The van der Waals surface area contributed by atoms with Gasteiger partial charge in [-0.1, -0.05) is 26.2 Å². The SMILES string of the molecule is CCC1(CNCC(O)COC2CCCCC2)CC1. The highest BCUT2D eigenvalue weighted by molar-refractivity contribution is 4.93. The lowest BCUT2D eigenvalue weighted by atomic mass is 9.98. The lowest BCUT2D eigenvalue weighted by Gasteiger charge is -2.24. The van der Waals surface area contributed by atoms with E-state index < -0.39 is 0 Å². The molecule has 1 unspecified atom stereocenters. The van der Waals surface area contributed by atoms with Gasteiger partial charge in [0, 0.05) is 13.1 Å². The van der Waals surface area contributed by atoms with Gasteiger partial charge in [0.1, 0.15) is 0 Å². The van der Waals surface area contributed by atoms with Crippen molar-refractivity contribution in [2.75, 3.05) is 19.7 Å². The summed E-state index contributed by atoms with van der Waals surface area (Å²) >= 11 is 0. The Morgan fingerprint density at radius 3 is 2.61 bits per heavy atom. The minimum atomic E-state index is -0.348. The molecule has 0 amide bonds. The van der Waals surface area contributed by atoms with Gasteiger partial charge < -0.3 is 15.2 Å². The molecule has 2 aliphatic rings. The third-order valence-corrected chi connectivity index (χ3v) is 4.66. The van der Waals surface area contributed by atoms with Crippen LogP contribution in [0.15, 0.2) is 0 Å². The summed E-state index contributed by atoms with van der Waals surface area (Å²) < 4.78 is 5.78. The molecule has 3 nitrogen and oxygen atoms in total. The average Bonchev–Trinajstić information content (AvgIpc) is 3.18. The Bertz CT molecular complexity index is 235. The maximum Gasteiger partial charge on any atom is 0.0897 e. The smallest absolute Gasteiger partial charge is 0.0897 e. The van der Waals surface area contributed by atoms with Crippen LogP contribution in [0.3, 0.4) is 0 Å². The van der Waals surface area contributed by atoms with E-state index in [-0.39, 0.29) is 6.10 Å². The highest BCUT2D eigenvalue weighted by Crippen LogP contribution is 2.47. The standard InChI is InChI=1S/C15H29NO2/c1-2-15(8-9-15)12-16-10-13(17)11-18-14-6-4-3-5-7-14/h13-14,16-17H,2-12H2,1H3. The minimum Gasteiger partial charge on any atom is -0.389 e. The maximum atomic E-state index is 9.88. The molecule has 0 heterocycles. The van der Waals surface area contributed by atoms with Crippen LogP contribution >= 0.6 is 0 Å². The first kappa shape index (κ1) is 14.3. The lowest BCUT2D eigenvalue weighted by molar-refractivity contribution is -0.0231. The van der Waals surface area contributed by atoms with Gasteiger partial charge in [-0.2, -0.15) is 0 Å². The van der Waals surface area contributed by atoms with Gasteiger partial charge in [-0.3, -0.25) is 0 Å². The number of aliphatic hydroxyl groups is 1. The number of nitrogens with one attached hydrogen (secondary N) is 1. The maximum absolute atomic E-state index is 9.88. The van der Waals surface area contributed by atoms with Crippen molar-refractivity contribution < 1.29 is 9.84 Å². The number of hydrogen-bond acceptors (Lipinski definition) is 3. The molecule has 18 heavy (non-hydrogen) atoms. The first-order chi connectivity index (χ1) is 8.74. The van der Waals surface area contributed by atoms with E-state index in [4.69, 9.17) is 4.74 Å². The van der Waals surface area contributed by atoms with Crippen molar-refractivity contribution in [1.29, 1.82) is 0 Å². The summed E-state index contributed by atoms with van der Waals surface area (Å²) in [5.74, 6) is 0. The number of aliphatic hydroxyl groups excluding tert-OH is 1. The van der Waals surface area contributed by atoms with Gasteiger partial charge in [-0.15, -0.1) is 0 Å². The molecule has 0 aromatic carbocycles. The molecule has 0 aromatic rings. The largest absolute Gasteiger partial charge is 0.389 e. The Morgan fingerprint density at radius 1 is 1.28 bits per heavy atom. The van der Waals surface area contributed by atoms with Crippen molar-refractivity contribution in [3.8, 4) is 0 Å². The van der Waals surface area contributed by atoms with Crippen LogP contribution in [0, 0.1) is 5.41 Å². The molecule has 2 fully saturated rings. The third kappa shape index (κ3) is 4.52. The summed E-state index contributed by atoms with van der Waals surface area (Å²) in [7, 11) is 0. The Labute approximate surface area is 111 Å². The van der Waals surface area contributed by atoms with E-state index in [1.165, 1.54) is 51.4 Å². The molecular weight excluding hydrogens is 226 g/mol. The molecule has 0 radical (unpaired) electrons. The van der Waals surface area contributed by atoms with E-state index in [0.717, 1.165) is 6.54 Å². The van der Waals surface area contributed by atoms with Gasteiger partial charge >= 0.3 is 0 Å². The van der Waals surface area contributed by atoms with Crippen molar-refractivity contribution in [3.05, 3.63) is 0 Å². The number of rotatable bonds is 8. The fourth-order valence-corrected chi connectivity index (χ4v) is 2.87. The summed E-state index contributed by atoms with van der Waals surface area (Å²) in [6, 6.07) is 0. The molecule has 3 heteroatoms. The molecule has 0 aromatic heterocycles. The molecule has 106 valence electrons. The predicted octanol–water partition coefficient (Wildman–Crippen LogP) is 2.48. The zero-order valence-corrected chi connectivity index (χ0v) is 11.8. The van der Waals surface area contributed by atoms with Gasteiger partial charge in [-0.25, -0.2) is 0 Å². The van der Waals surface area contributed by atoms with Crippen LogP contribution in [0.2, 0.25) is 0 Å². The van der Waals surface area contributed by atoms with E-state index in [2.05, 4.69) is 12.2 Å². The van der Waals surface area contributed by atoms with E-state index in [1.54, 1.807) is 0 Å². The van der Waals surface area contributed by atoms with Crippen molar-refractivity contribution in [3.63, 3.8) is 0 Å². The van der Waals surface area contributed by atoms with Crippen molar-refractivity contribution in [1.82, 2.24) is 5.32 Å². The van der Waals surface area contributed by atoms with E-state index in [0.29, 0.717) is 24.7 Å². The number of ether oxygens (including phenoxy) is 1. The first-order valence-electron chi connectivity index (χ1n) is 7.74. The Morgan fingerprint density at radius 2 is 2.00 bits per heavy atom. The molecule has 0 bridgehead atoms. The normalized spacial score (nSPS) is 25.0. The van der Waals surface area contributed by atoms with Crippen LogP contribution in [0.4, 0.5) is 0 Å². The molecule has 0 spiro atoms. The van der Waals surface area contributed by atoms with Crippen LogP contribution < -0.4 is 5.32 Å². The molecule has 2 aliphatic carbocycles. The molecule has 2 rings (SSSR count). The average molecular weight is 255 g/mol. The number of hydrogen-bond donors (Lipinski definition) is 2. The summed E-state index contributed by atoms with van der Waals surface area (Å²) in [6.07, 6.45) is 10.3. The Balaban J connectivity index is 1.50. The van der Waals surface area contributed by atoms with Crippen molar-refractivity contribution in [2.45, 2.75) is 70.5 Å². The highest BCUT2D eigenvalue weighted by atomic mass is 16.5. The van der Waals surface area contributed by atoms with E-state index in [9.17, 15) is 5.11 Å². The third-order valence-electron chi connectivity index (χ3n) is 4.66. The van der Waals surface area contributed by atoms with Crippen molar-refractivity contribution >= 4 is 0 Å². The zero-order valence-electron chi connectivity index (χ0n) is 11.8. The van der Waals surface area contributed by atoms with Crippen molar-refractivity contribution in [2.24, 2.45) is 5.41 Å².